The summed E-state index contributed by atoms with van der Waals surface area (Å²) >= 11 is 1.70. The maximum atomic E-state index is 12.7. The predicted molar refractivity (Wildman–Crippen MR) is 112 cm³/mol. The summed E-state index contributed by atoms with van der Waals surface area (Å²) in [5.74, 6) is 0.719. The van der Waals surface area contributed by atoms with Gasteiger partial charge in [-0.05, 0) is 48.8 Å². The topological polar surface area (TPSA) is 49.6 Å². The molecule has 1 aliphatic rings. The van der Waals surface area contributed by atoms with Crippen molar-refractivity contribution in [2.75, 3.05) is 0 Å². The zero-order valence-corrected chi connectivity index (χ0v) is 16.5. The van der Waals surface area contributed by atoms with Crippen LogP contribution in [0.1, 0.15) is 40.2 Å². The number of aryl methyl sites for hydroxylation is 2. The lowest BCUT2D eigenvalue weighted by molar-refractivity contribution is -0.689. The van der Waals surface area contributed by atoms with Crippen molar-refractivity contribution in [3.8, 4) is 0 Å². The molecule has 5 rings (SSSR count). The summed E-state index contributed by atoms with van der Waals surface area (Å²) < 4.78 is 2.06. The minimum atomic E-state index is 0.0145. The highest BCUT2D eigenvalue weighted by Gasteiger charge is 2.20. The molecule has 0 aliphatic heterocycles. The Hall–Kier alpha value is -2.79. The largest absolute Gasteiger partial charge is 0.305 e. The fourth-order valence-electron chi connectivity index (χ4n) is 4.00. The molecule has 140 valence electrons. The maximum absolute atomic E-state index is 12.7. The lowest BCUT2D eigenvalue weighted by atomic mass is 9.97. The first-order valence-electron chi connectivity index (χ1n) is 9.81. The van der Waals surface area contributed by atoms with Gasteiger partial charge in [-0.1, -0.05) is 30.3 Å². The van der Waals surface area contributed by atoms with Crippen molar-refractivity contribution < 1.29 is 4.57 Å². The van der Waals surface area contributed by atoms with Crippen molar-refractivity contribution in [3.05, 3.63) is 92.6 Å². The Morgan fingerprint density at radius 1 is 1.00 bits per heavy atom. The van der Waals surface area contributed by atoms with Gasteiger partial charge in [0, 0.05) is 17.0 Å². The number of nitrogens with one attached hydrogen (secondary N) is 1. The van der Waals surface area contributed by atoms with Crippen molar-refractivity contribution in [1.82, 2.24) is 9.97 Å². The first-order valence-corrected chi connectivity index (χ1v) is 10.6. The van der Waals surface area contributed by atoms with Gasteiger partial charge < -0.3 is 4.98 Å². The Kier molecular flexibility index (Phi) is 4.53. The molecule has 1 aromatic carbocycles. The van der Waals surface area contributed by atoms with Crippen LogP contribution in [0.5, 0.6) is 0 Å². The van der Waals surface area contributed by atoms with E-state index in [-0.39, 0.29) is 5.56 Å². The maximum Gasteiger partial charge on any atom is 0.260 e. The third-order valence-corrected chi connectivity index (χ3v) is 6.60. The van der Waals surface area contributed by atoms with Crippen LogP contribution in [0.4, 0.5) is 0 Å². The molecule has 0 unspecified atom stereocenters. The Morgan fingerprint density at radius 3 is 2.57 bits per heavy atom. The molecular formula is C23H22N3OS+. The number of nitrogens with zero attached hydrogens (tertiary/aromatic N) is 2. The van der Waals surface area contributed by atoms with E-state index in [1.807, 2.05) is 6.07 Å². The number of benzene rings is 1. The van der Waals surface area contributed by atoms with E-state index in [9.17, 15) is 4.79 Å². The number of fused-ring (bicyclic) bond motifs is 3. The van der Waals surface area contributed by atoms with E-state index in [0.717, 1.165) is 35.3 Å². The molecule has 0 fully saturated rings. The van der Waals surface area contributed by atoms with Crippen LogP contribution >= 0.6 is 11.3 Å². The highest BCUT2D eigenvalue weighted by atomic mass is 32.1. The quantitative estimate of drug-likeness (QED) is 0.541. The van der Waals surface area contributed by atoms with Gasteiger partial charge in [0.25, 0.3) is 5.56 Å². The highest BCUT2D eigenvalue weighted by Crippen LogP contribution is 2.33. The molecule has 5 heteroatoms. The van der Waals surface area contributed by atoms with Gasteiger partial charge in [0.15, 0.2) is 18.2 Å². The van der Waals surface area contributed by atoms with Crippen LogP contribution in [0.3, 0.4) is 0 Å². The second-order valence-electron chi connectivity index (χ2n) is 7.44. The number of rotatable bonds is 4. The first-order chi connectivity index (χ1) is 13.8. The van der Waals surface area contributed by atoms with Gasteiger partial charge in [-0.15, -0.1) is 11.3 Å². The summed E-state index contributed by atoms with van der Waals surface area (Å²) in [6.45, 7) is 0.569. The zero-order chi connectivity index (χ0) is 18.9. The average Bonchev–Trinajstić information content (AvgIpc) is 3.09. The number of aromatic nitrogens is 3. The van der Waals surface area contributed by atoms with Crippen LogP contribution in [0.15, 0.2) is 59.7 Å². The SMILES string of the molecule is O=c1[nH]c(C[n+]2ccc(Cc3ccccc3)cc2)nc2sc3c(c12)CCCC3. The fourth-order valence-corrected chi connectivity index (χ4v) is 5.28. The minimum Gasteiger partial charge on any atom is -0.305 e. The van der Waals surface area contributed by atoms with Gasteiger partial charge in [0.1, 0.15) is 4.83 Å². The van der Waals surface area contributed by atoms with Gasteiger partial charge >= 0.3 is 0 Å². The molecule has 0 spiro atoms. The van der Waals surface area contributed by atoms with E-state index >= 15 is 0 Å². The number of aromatic amines is 1. The summed E-state index contributed by atoms with van der Waals surface area (Å²) in [6, 6.07) is 14.7. The molecule has 4 aromatic rings. The van der Waals surface area contributed by atoms with Gasteiger partial charge in [-0.2, -0.15) is 4.57 Å². The molecule has 3 aromatic heterocycles. The van der Waals surface area contributed by atoms with E-state index in [2.05, 4.69) is 58.3 Å². The van der Waals surface area contributed by atoms with Gasteiger partial charge in [0.05, 0.1) is 5.39 Å². The molecule has 0 saturated heterocycles. The van der Waals surface area contributed by atoms with Crippen LogP contribution in [-0.4, -0.2) is 9.97 Å². The van der Waals surface area contributed by atoms with Crippen molar-refractivity contribution in [2.45, 2.75) is 38.6 Å². The number of hydrogen-bond acceptors (Lipinski definition) is 3. The monoisotopic (exact) mass is 388 g/mol. The smallest absolute Gasteiger partial charge is 0.260 e. The molecule has 4 nitrogen and oxygen atoms in total. The molecule has 0 bridgehead atoms. The molecule has 0 amide bonds. The number of thiophene rings is 1. The molecule has 3 heterocycles. The number of hydrogen-bond donors (Lipinski definition) is 1. The summed E-state index contributed by atoms with van der Waals surface area (Å²) in [4.78, 5) is 22.7. The van der Waals surface area contributed by atoms with Crippen LogP contribution in [0.25, 0.3) is 10.2 Å². The molecule has 0 saturated carbocycles. The summed E-state index contributed by atoms with van der Waals surface area (Å²) in [5.41, 5.74) is 3.83. The molecular weight excluding hydrogens is 366 g/mol. The average molecular weight is 389 g/mol. The third-order valence-electron chi connectivity index (χ3n) is 5.42. The summed E-state index contributed by atoms with van der Waals surface area (Å²) in [7, 11) is 0. The lowest BCUT2D eigenvalue weighted by Crippen LogP contribution is -2.35. The zero-order valence-electron chi connectivity index (χ0n) is 15.6. The van der Waals surface area contributed by atoms with Gasteiger partial charge in [-0.25, -0.2) is 4.98 Å². The normalized spacial score (nSPS) is 13.6. The molecule has 0 radical (unpaired) electrons. The lowest BCUT2D eigenvalue weighted by Gasteiger charge is -2.09. The highest BCUT2D eigenvalue weighted by molar-refractivity contribution is 7.18. The Balaban J connectivity index is 1.38. The number of pyridine rings is 1. The van der Waals surface area contributed by atoms with Crippen molar-refractivity contribution in [2.24, 2.45) is 0 Å². The van der Waals surface area contributed by atoms with Crippen LogP contribution in [-0.2, 0) is 25.8 Å². The second kappa shape index (κ2) is 7.32. The molecule has 0 atom stereocenters. The fraction of sp³-hybridized carbons (Fsp3) is 0.261. The summed E-state index contributed by atoms with van der Waals surface area (Å²) in [5, 5.41) is 0.826. The first kappa shape index (κ1) is 17.3. The van der Waals surface area contributed by atoms with Crippen LogP contribution in [0.2, 0.25) is 0 Å². The van der Waals surface area contributed by atoms with E-state index in [4.69, 9.17) is 4.98 Å². The van der Waals surface area contributed by atoms with E-state index in [1.165, 1.54) is 34.4 Å². The summed E-state index contributed by atoms with van der Waals surface area (Å²) in [6.07, 6.45) is 9.52. The van der Waals surface area contributed by atoms with Gasteiger partial charge in [0.2, 0.25) is 6.54 Å². The van der Waals surface area contributed by atoms with Gasteiger partial charge in [-0.3, -0.25) is 4.79 Å². The van der Waals surface area contributed by atoms with Crippen molar-refractivity contribution in [3.63, 3.8) is 0 Å². The van der Waals surface area contributed by atoms with E-state index in [0.29, 0.717) is 6.54 Å². The Labute approximate surface area is 167 Å². The second-order valence-corrected chi connectivity index (χ2v) is 8.53. The minimum absolute atomic E-state index is 0.0145. The molecule has 1 N–H and O–H groups in total. The third kappa shape index (κ3) is 3.38. The molecule has 28 heavy (non-hydrogen) atoms. The van der Waals surface area contributed by atoms with Crippen LogP contribution in [0, 0.1) is 0 Å². The van der Waals surface area contributed by atoms with Crippen molar-refractivity contribution in [1.29, 1.82) is 0 Å². The van der Waals surface area contributed by atoms with E-state index < -0.39 is 0 Å². The van der Waals surface area contributed by atoms with Crippen LogP contribution < -0.4 is 10.1 Å². The Bertz CT molecular complexity index is 1180. The van der Waals surface area contributed by atoms with Crippen molar-refractivity contribution >= 4 is 21.6 Å². The standard InChI is InChI=1S/C23H21N3OS/c27-22-21-18-8-4-5-9-19(18)28-23(21)25-20(24-22)15-26-12-10-17(11-13-26)14-16-6-2-1-3-7-16/h1-3,6-7,10-13H,4-5,8-9,14-15H2/p+1. The Morgan fingerprint density at radius 2 is 1.75 bits per heavy atom. The molecule has 1 aliphatic carbocycles. The van der Waals surface area contributed by atoms with E-state index in [1.54, 1.807) is 11.3 Å². The predicted octanol–water partition coefficient (Wildman–Crippen LogP) is 3.79. The number of H-pyrrole nitrogens is 1.